The molecule has 0 unspecified atom stereocenters. The number of ketones is 1. The van der Waals surface area contributed by atoms with E-state index in [0.29, 0.717) is 11.1 Å². The predicted octanol–water partition coefficient (Wildman–Crippen LogP) is 2.82. The molecule has 2 aromatic carbocycles. The lowest BCUT2D eigenvalue weighted by atomic mass is 9.98. The molecular formula is C16H14O4. The van der Waals surface area contributed by atoms with Crippen molar-refractivity contribution in [3.8, 4) is 5.75 Å². The molecule has 0 heterocycles. The summed E-state index contributed by atoms with van der Waals surface area (Å²) in [5.74, 6) is -1.73. The van der Waals surface area contributed by atoms with E-state index in [1.165, 1.54) is 12.1 Å². The van der Waals surface area contributed by atoms with E-state index in [4.69, 9.17) is 5.11 Å². The second kappa shape index (κ2) is 5.57. The van der Waals surface area contributed by atoms with Gasteiger partial charge in [0.15, 0.2) is 5.78 Å². The van der Waals surface area contributed by atoms with Crippen molar-refractivity contribution in [1.29, 1.82) is 0 Å². The zero-order chi connectivity index (χ0) is 14.7. The van der Waals surface area contributed by atoms with E-state index in [1.54, 1.807) is 6.92 Å². The Hall–Kier alpha value is -2.62. The molecule has 0 bridgehead atoms. The highest BCUT2D eigenvalue weighted by atomic mass is 16.4. The summed E-state index contributed by atoms with van der Waals surface area (Å²) in [6, 6.07) is 11.9. The average Bonchev–Trinajstić information content (AvgIpc) is 2.42. The van der Waals surface area contributed by atoms with Crippen LogP contribution in [0.3, 0.4) is 0 Å². The van der Waals surface area contributed by atoms with Crippen LogP contribution < -0.4 is 0 Å². The lowest BCUT2D eigenvalue weighted by Crippen LogP contribution is -2.07. The number of hydrogen-bond acceptors (Lipinski definition) is 3. The Morgan fingerprint density at radius 3 is 2.35 bits per heavy atom. The van der Waals surface area contributed by atoms with Gasteiger partial charge in [-0.3, -0.25) is 4.79 Å². The second-order valence-corrected chi connectivity index (χ2v) is 4.58. The normalized spacial score (nSPS) is 10.2. The number of phenols is 1. The Bertz CT molecular complexity index is 660. The molecule has 0 fully saturated rings. The van der Waals surface area contributed by atoms with Gasteiger partial charge in [0.25, 0.3) is 0 Å². The highest BCUT2D eigenvalue weighted by molar-refractivity contribution is 6.01. The Labute approximate surface area is 116 Å². The number of aryl methyl sites for hydroxylation is 1. The van der Waals surface area contributed by atoms with Gasteiger partial charge < -0.3 is 10.2 Å². The molecule has 0 radical (unpaired) electrons. The smallest absolute Gasteiger partial charge is 0.339 e. The summed E-state index contributed by atoms with van der Waals surface area (Å²) in [4.78, 5) is 23.2. The topological polar surface area (TPSA) is 74.6 Å². The fourth-order valence-electron chi connectivity index (χ4n) is 1.99. The number of carboxylic acid groups (broad SMARTS) is 1. The fraction of sp³-hybridized carbons (Fsp3) is 0.125. The van der Waals surface area contributed by atoms with Crippen molar-refractivity contribution in [3.63, 3.8) is 0 Å². The zero-order valence-electron chi connectivity index (χ0n) is 11.0. The Kier molecular flexibility index (Phi) is 3.84. The first-order valence-electron chi connectivity index (χ1n) is 6.13. The number of Topliss-reactive ketones (excluding diaryl/α,β-unsaturated/α-hetero) is 1. The molecule has 0 saturated heterocycles. The van der Waals surface area contributed by atoms with E-state index in [-0.39, 0.29) is 23.5 Å². The van der Waals surface area contributed by atoms with Crippen molar-refractivity contribution in [3.05, 3.63) is 64.7 Å². The summed E-state index contributed by atoms with van der Waals surface area (Å²) in [6.07, 6.45) is 0.199. The maximum Gasteiger partial charge on any atom is 0.339 e. The van der Waals surface area contributed by atoms with Gasteiger partial charge in [0.2, 0.25) is 0 Å². The summed E-state index contributed by atoms with van der Waals surface area (Å²) in [7, 11) is 0. The molecule has 0 aliphatic rings. The molecule has 0 aromatic heterocycles. The van der Waals surface area contributed by atoms with Gasteiger partial charge in [0, 0.05) is 12.0 Å². The first-order chi connectivity index (χ1) is 9.49. The number of rotatable bonds is 4. The Morgan fingerprint density at radius 1 is 1.10 bits per heavy atom. The van der Waals surface area contributed by atoms with Crippen LogP contribution in [0.5, 0.6) is 5.75 Å². The van der Waals surface area contributed by atoms with E-state index in [2.05, 4.69) is 0 Å². The van der Waals surface area contributed by atoms with Crippen LogP contribution in [-0.2, 0) is 6.42 Å². The molecule has 0 saturated carbocycles. The van der Waals surface area contributed by atoms with Crippen LogP contribution in [0.2, 0.25) is 0 Å². The number of hydrogen-bond donors (Lipinski definition) is 2. The summed E-state index contributed by atoms with van der Waals surface area (Å²) in [5, 5.41) is 18.7. The third-order valence-electron chi connectivity index (χ3n) is 3.06. The van der Waals surface area contributed by atoms with Crippen LogP contribution in [0, 0.1) is 6.92 Å². The molecule has 4 nitrogen and oxygen atoms in total. The minimum absolute atomic E-state index is 0.179. The predicted molar refractivity (Wildman–Crippen MR) is 74.3 cm³/mol. The SMILES string of the molecule is Cc1cc(C(=O)Cc2ccccc2)cc(C(=O)O)c1O. The molecule has 20 heavy (non-hydrogen) atoms. The van der Waals surface area contributed by atoms with E-state index < -0.39 is 5.97 Å². The van der Waals surface area contributed by atoms with E-state index >= 15 is 0 Å². The van der Waals surface area contributed by atoms with Crippen LogP contribution in [0.4, 0.5) is 0 Å². The van der Waals surface area contributed by atoms with Crippen LogP contribution in [-0.4, -0.2) is 22.0 Å². The van der Waals surface area contributed by atoms with E-state index in [9.17, 15) is 14.7 Å². The minimum atomic E-state index is -1.25. The number of carbonyl (C=O) groups is 2. The summed E-state index contributed by atoms with van der Waals surface area (Å²) in [5.41, 5.74) is 1.28. The van der Waals surface area contributed by atoms with Crippen molar-refractivity contribution in [2.24, 2.45) is 0 Å². The number of aromatic hydroxyl groups is 1. The van der Waals surface area contributed by atoms with Crippen LogP contribution >= 0.6 is 0 Å². The molecule has 0 spiro atoms. The van der Waals surface area contributed by atoms with Crippen LogP contribution in [0.15, 0.2) is 42.5 Å². The lowest BCUT2D eigenvalue weighted by Gasteiger charge is -2.07. The minimum Gasteiger partial charge on any atom is -0.507 e. The molecule has 2 aromatic rings. The molecule has 0 amide bonds. The van der Waals surface area contributed by atoms with Gasteiger partial charge >= 0.3 is 5.97 Å². The van der Waals surface area contributed by atoms with Crippen molar-refractivity contribution in [2.75, 3.05) is 0 Å². The van der Waals surface area contributed by atoms with E-state index in [1.807, 2.05) is 30.3 Å². The fourth-order valence-corrected chi connectivity index (χ4v) is 1.99. The molecule has 0 aliphatic heterocycles. The van der Waals surface area contributed by atoms with Crippen molar-refractivity contribution < 1.29 is 19.8 Å². The first-order valence-corrected chi connectivity index (χ1v) is 6.13. The van der Waals surface area contributed by atoms with E-state index in [0.717, 1.165) is 5.56 Å². The highest BCUT2D eigenvalue weighted by Gasteiger charge is 2.16. The Balaban J connectivity index is 2.33. The summed E-state index contributed by atoms with van der Waals surface area (Å²) >= 11 is 0. The standard InChI is InChI=1S/C16H14O4/c1-10-7-12(9-13(15(10)18)16(19)20)14(17)8-11-5-3-2-4-6-11/h2-7,9,18H,8H2,1H3,(H,19,20). The molecule has 4 heteroatoms. The third kappa shape index (κ3) is 2.85. The molecule has 102 valence electrons. The van der Waals surface area contributed by atoms with Crippen LogP contribution in [0.1, 0.15) is 31.8 Å². The van der Waals surface area contributed by atoms with Gasteiger partial charge in [-0.25, -0.2) is 4.79 Å². The monoisotopic (exact) mass is 270 g/mol. The zero-order valence-corrected chi connectivity index (χ0v) is 11.0. The van der Waals surface area contributed by atoms with Gasteiger partial charge in [-0.2, -0.15) is 0 Å². The molecule has 2 N–H and O–H groups in total. The maximum atomic E-state index is 12.2. The van der Waals surface area contributed by atoms with Gasteiger partial charge in [0.1, 0.15) is 11.3 Å². The van der Waals surface area contributed by atoms with Gasteiger partial charge in [-0.15, -0.1) is 0 Å². The number of benzene rings is 2. The molecule has 2 rings (SSSR count). The van der Waals surface area contributed by atoms with Crippen molar-refractivity contribution in [2.45, 2.75) is 13.3 Å². The van der Waals surface area contributed by atoms with Gasteiger partial charge in [-0.05, 0) is 30.2 Å². The molecular weight excluding hydrogens is 256 g/mol. The van der Waals surface area contributed by atoms with Gasteiger partial charge in [0.05, 0.1) is 0 Å². The Morgan fingerprint density at radius 2 is 1.75 bits per heavy atom. The lowest BCUT2D eigenvalue weighted by molar-refractivity contribution is 0.0693. The summed E-state index contributed by atoms with van der Waals surface area (Å²) in [6.45, 7) is 1.57. The third-order valence-corrected chi connectivity index (χ3v) is 3.06. The largest absolute Gasteiger partial charge is 0.507 e. The van der Waals surface area contributed by atoms with Crippen molar-refractivity contribution >= 4 is 11.8 Å². The summed E-state index contributed by atoms with van der Waals surface area (Å²) < 4.78 is 0. The number of carbonyl (C=O) groups excluding carboxylic acids is 1. The average molecular weight is 270 g/mol. The number of aromatic carboxylic acids is 1. The maximum absolute atomic E-state index is 12.2. The quantitative estimate of drug-likeness (QED) is 0.838. The first kappa shape index (κ1) is 13.8. The van der Waals surface area contributed by atoms with Crippen LogP contribution in [0.25, 0.3) is 0 Å². The second-order valence-electron chi connectivity index (χ2n) is 4.58. The van der Waals surface area contributed by atoms with Crippen molar-refractivity contribution in [1.82, 2.24) is 0 Å². The molecule has 0 aliphatic carbocycles. The van der Waals surface area contributed by atoms with Gasteiger partial charge in [-0.1, -0.05) is 30.3 Å². The number of carboxylic acids is 1. The highest BCUT2D eigenvalue weighted by Crippen LogP contribution is 2.24. The molecule has 0 atom stereocenters.